The molecule has 0 bridgehead atoms. The van der Waals surface area contributed by atoms with Crippen molar-refractivity contribution in [1.29, 1.82) is 0 Å². The molecule has 0 aliphatic rings. The van der Waals surface area contributed by atoms with Gasteiger partial charge in [0.25, 0.3) is 11.7 Å². The maximum Gasteiger partial charge on any atom is 0.299 e. The van der Waals surface area contributed by atoms with Crippen LogP contribution < -0.4 is 0 Å². The lowest BCUT2D eigenvalue weighted by Crippen LogP contribution is -2.04. The van der Waals surface area contributed by atoms with Crippen molar-refractivity contribution in [2.45, 2.75) is 0 Å². The number of carbonyl (C=O) groups excluding carboxylic acids is 1. The lowest BCUT2D eigenvalue weighted by atomic mass is 10.1. The number of aromatic nitrogens is 3. The van der Waals surface area contributed by atoms with Crippen LogP contribution in [0.4, 0.5) is 4.39 Å². The lowest BCUT2D eigenvalue weighted by Gasteiger charge is -1.96. The molecule has 0 radical (unpaired) electrons. The van der Waals surface area contributed by atoms with Crippen LogP contribution in [0, 0.1) is 5.82 Å². The average molecular weight is 269 g/mol. The average Bonchev–Trinajstić information content (AvgIpc) is 2.98. The molecule has 0 aliphatic heterocycles. The van der Waals surface area contributed by atoms with E-state index in [0.29, 0.717) is 5.56 Å². The van der Waals surface area contributed by atoms with Crippen molar-refractivity contribution < 1.29 is 13.7 Å². The number of carbonyl (C=O) groups is 1. The second kappa shape index (κ2) is 5.00. The number of ketones is 1. The highest BCUT2D eigenvalue weighted by Crippen LogP contribution is 2.17. The summed E-state index contributed by atoms with van der Waals surface area (Å²) in [7, 11) is 0. The first-order valence-electron chi connectivity index (χ1n) is 5.79. The summed E-state index contributed by atoms with van der Waals surface area (Å²) >= 11 is 0. The smallest absolute Gasteiger partial charge is 0.299 e. The van der Waals surface area contributed by atoms with Gasteiger partial charge in [-0.2, -0.15) is 4.98 Å². The highest BCUT2D eigenvalue weighted by atomic mass is 19.1. The number of nitrogens with zero attached hydrogens (tertiary/aromatic N) is 3. The first-order valence-corrected chi connectivity index (χ1v) is 5.79. The fraction of sp³-hybridized carbons (Fsp3) is 0. The van der Waals surface area contributed by atoms with Crippen LogP contribution in [0.25, 0.3) is 11.4 Å². The number of hydrogen-bond acceptors (Lipinski definition) is 5. The Bertz CT molecular complexity index is 756. The van der Waals surface area contributed by atoms with Crippen molar-refractivity contribution in [3.05, 3.63) is 66.1 Å². The van der Waals surface area contributed by atoms with Gasteiger partial charge in [-0.1, -0.05) is 17.3 Å². The van der Waals surface area contributed by atoms with Gasteiger partial charge in [-0.15, -0.1) is 0 Å². The SMILES string of the molecule is O=C(c1nc(-c2ccncc2)no1)c1ccccc1F. The molecule has 0 atom stereocenters. The van der Waals surface area contributed by atoms with E-state index in [9.17, 15) is 9.18 Å². The van der Waals surface area contributed by atoms with Gasteiger partial charge in [0.2, 0.25) is 5.82 Å². The molecule has 0 saturated carbocycles. The lowest BCUT2D eigenvalue weighted by molar-refractivity contribution is 0.0990. The second-order valence-corrected chi connectivity index (χ2v) is 3.97. The zero-order valence-electron chi connectivity index (χ0n) is 10.2. The molecule has 1 aromatic carbocycles. The molecule has 0 N–H and O–H groups in total. The van der Waals surface area contributed by atoms with Crippen molar-refractivity contribution in [2.75, 3.05) is 0 Å². The van der Waals surface area contributed by atoms with Gasteiger partial charge in [-0.05, 0) is 24.3 Å². The van der Waals surface area contributed by atoms with Crippen molar-refractivity contribution in [3.63, 3.8) is 0 Å². The summed E-state index contributed by atoms with van der Waals surface area (Å²) in [4.78, 5) is 19.9. The van der Waals surface area contributed by atoms with Crippen molar-refractivity contribution in [3.8, 4) is 11.4 Å². The van der Waals surface area contributed by atoms with Crippen LogP contribution in [0.1, 0.15) is 16.2 Å². The van der Waals surface area contributed by atoms with Gasteiger partial charge in [0.15, 0.2) is 0 Å². The predicted molar refractivity (Wildman–Crippen MR) is 67.4 cm³/mol. The molecule has 98 valence electrons. The number of benzene rings is 1. The van der Waals surface area contributed by atoms with E-state index < -0.39 is 11.6 Å². The molecule has 0 aliphatic carbocycles. The first kappa shape index (κ1) is 12.2. The molecular weight excluding hydrogens is 261 g/mol. The Morgan fingerprint density at radius 2 is 1.85 bits per heavy atom. The molecule has 5 nitrogen and oxygen atoms in total. The van der Waals surface area contributed by atoms with Crippen LogP contribution >= 0.6 is 0 Å². The molecule has 2 aromatic heterocycles. The highest BCUT2D eigenvalue weighted by Gasteiger charge is 2.20. The molecule has 6 heteroatoms. The maximum absolute atomic E-state index is 13.5. The van der Waals surface area contributed by atoms with Gasteiger partial charge >= 0.3 is 0 Å². The molecule has 3 aromatic rings. The monoisotopic (exact) mass is 269 g/mol. The van der Waals surface area contributed by atoms with Crippen LogP contribution in [-0.4, -0.2) is 20.9 Å². The first-order chi connectivity index (χ1) is 9.75. The Labute approximate surface area is 113 Å². The van der Waals surface area contributed by atoms with Crippen LogP contribution in [0.3, 0.4) is 0 Å². The van der Waals surface area contributed by atoms with Gasteiger partial charge < -0.3 is 4.52 Å². The van der Waals surface area contributed by atoms with Crippen LogP contribution in [0.2, 0.25) is 0 Å². The van der Waals surface area contributed by atoms with Gasteiger partial charge in [-0.3, -0.25) is 9.78 Å². The summed E-state index contributed by atoms with van der Waals surface area (Å²) in [6, 6.07) is 9.00. The van der Waals surface area contributed by atoms with E-state index in [0.717, 1.165) is 0 Å². The van der Waals surface area contributed by atoms with E-state index >= 15 is 0 Å². The Hall–Kier alpha value is -2.89. The minimum atomic E-state index is -0.643. The summed E-state index contributed by atoms with van der Waals surface area (Å²) in [5.74, 6) is -1.26. The van der Waals surface area contributed by atoms with E-state index in [1.807, 2.05) is 0 Å². The minimum Gasteiger partial charge on any atom is -0.330 e. The normalized spacial score (nSPS) is 10.4. The quantitative estimate of drug-likeness (QED) is 0.683. The number of hydrogen-bond donors (Lipinski definition) is 0. The van der Waals surface area contributed by atoms with Gasteiger partial charge in [0.1, 0.15) is 5.82 Å². The van der Waals surface area contributed by atoms with Crippen molar-refractivity contribution in [2.24, 2.45) is 0 Å². The van der Waals surface area contributed by atoms with Crippen molar-refractivity contribution >= 4 is 5.78 Å². The van der Waals surface area contributed by atoms with E-state index in [-0.39, 0.29) is 17.3 Å². The highest BCUT2D eigenvalue weighted by molar-refractivity contribution is 6.06. The maximum atomic E-state index is 13.5. The standard InChI is InChI=1S/C14H8FN3O2/c15-11-4-2-1-3-10(11)12(19)14-17-13(18-20-14)9-5-7-16-8-6-9/h1-8H. The molecule has 0 fully saturated rings. The predicted octanol–water partition coefficient (Wildman–Crippen LogP) is 2.50. The van der Waals surface area contributed by atoms with Crippen molar-refractivity contribution in [1.82, 2.24) is 15.1 Å². The van der Waals surface area contributed by atoms with E-state index in [4.69, 9.17) is 4.52 Å². The largest absolute Gasteiger partial charge is 0.330 e. The topological polar surface area (TPSA) is 68.9 Å². The molecule has 0 spiro atoms. The summed E-state index contributed by atoms with van der Waals surface area (Å²) < 4.78 is 18.4. The van der Waals surface area contributed by atoms with Gasteiger partial charge in [0.05, 0.1) is 5.56 Å². The molecule has 0 amide bonds. The zero-order chi connectivity index (χ0) is 13.9. The molecular formula is C14H8FN3O2. The fourth-order valence-electron chi connectivity index (χ4n) is 1.69. The zero-order valence-corrected chi connectivity index (χ0v) is 10.2. The Morgan fingerprint density at radius 1 is 1.10 bits per heavy atom. The summed E-state index contributed by atoms with van der Waals surface area (Å²) in [6.07, 6.45) is 3.15. The second-order valence-electron chi connectivity index (χ2n) is 3.97. The number of pyridine rings is 1. The summed E-state index contributed by atoms with van der Waals surface area (Å²) in [6.45, 7) is 0. The Kier molecular flexibility index (Phi) is 3.04. The third kappa shape index (κ3) is 2.18. The fourth-order valence-corrected chi connectivity index (χ4v) is 1.69. The Morgan fingerprint density at radius 3 is 2.60 bits per heavy atom. The third-order valence-electron chi connectivity index (χ3n) is 2.68. The molecule has 2 heterocycles. The molecule has 3 rings (SSSR count). The molecule has 0 unspecified atom stereocenters. The van der Waals surface area contributed by atoms with E-state index in [1.165, 1.54) is 18.2 Å². The van der Waals surface area contributed by atoms with Gasteiger partial charge in [0, 0.05) is 18.0 Å². The molecule has 0 saturated heterocycles. The Balaban J connectivity index is 1.95. The van der Waals surface area contributed by atoms with Crippen LogP contribution in [-0.2, 0) is 0 Å². The summed E-state index contributed by atoms with van der Waals surface area (Å²) in [5, 5.41) is 3.71. The minimum absolute atomic E-state index is 0.0996. The third-order valence-corrected chi connectivity index (χ3v) is 2.68. The van der Waals surface area contributed by atoms with E-state index in [2.05, 4.69) is 15.1 Å². The van der Waals surface area contributed by atoms with E-state index in [1.54, 1.807) is 30.6 Å². The van der Waals surface area contributed by atoms with Crippen LogP contribution in [0.15, 0.2) is 53.3 Å². The number of rotatable bonds is 3. The van der Waals surface area contributed by atoms with Gasteiger partial charge in [-0.25, -0.2) is 4.39 Å². The molecule has 20 heavy (non-hydrogen) atoms. The summed E-state index contributed by atoms with van der Waals surface area (Å²) in [5.41, 5.74) is 0.564. The number of halogens is 1. The van der Waals surface area contributed by atoms with Crippen LogP contribution in [0.5, 0.6) is 0 Å².